The van der Waals surface area contributed by atoms with Crippen molar-refractivity contribution in [2.75, 3.05) is 19.6 Å². The number of nitrogens with one attached hydrogen (secondary N) is 1. The quantitative estimate of drug-likeness (QED) is 0.914. The lowest BCUT2D eigenvalue weighted by atomic mass is 9.86. The summed E-state index contributed by atoms with van der Waals surface area (Å²) in [6.07, 6.45) is 3.78. The van der Waals surface area contributed by atoms with Crippen molar-refractivity contribution in [1.82, 2.24) is 10.2 Å². The molecule has 2 aliphatic heterocycles. The maximum atomic E-state index is 6.32. The number of benzene rings is 1. The van der Waals surface area contributed by atoms with Gasteiger partial charge in [-0.05, 0) is 70.8 Å². The zero-order valence-electron chi connectivity index (χ0n) is 14.5. The highest BCUT2D eigenvalue weighted by molar-refractivity contribution is 6.30. The molecule has 0 unspecified atom stereocenters. The largest absolute Gasteiger partial charge is 0.370 e. The van der Waals surface area contributed by atoms with Gasteiger partial charge in [-0.3, -0.25) is 4.90 Å². The van der Waals surface area contributed by atoms with Gasteiger partial charge in [-0.1, -0.05) is 23.7 Å². The summed E-state index contributed by atoms with van der Waals surface area (Å²) in [5, 5.41) is 4.29. The summed E-state index contributed by atoms with van der Waals surface area (Å²) in [7, 11) is 0. The minimum atomic E-state index is -0.137. The van der Waals surface area contributed by atoms with Gasteiger partial charge in [-0.15, -0.1) is 0 Å². The van der Waals surface area contributed by atoms with E-state index in [4.69, 9.17) is 16.3 Å². The molecule has 0 amide bonds. The molecule has 1 aromatic carbocycles. The molecule has 0 spiro atoms. The SMILES string of the molecule is C[C@H]1CN(C2CCNCC2)[C@@H](Cc2ccc(Cl)cc2)C(C)(C)O1. The second-order valence-electron chi connectivity index (χ2n) is 7.56. The second kappa shape index (κ2) is 7.10. The summed E-state index contributed by atoms with van der Waals surface area (Å²) >= 11 is 6.04. The van der Waals surface area contributed by atoms with Crippen LogP contribution in [0.15, 0.2) is 24.3 Å². The molecule has 3 rings (SSSR count). The van der Waals surface area contributed by atoms with E-state index in [1.165, 1.54) is 18.4 Å². The first-order valence-electron chi connectivity index (χ1n) is 8.84. The summed E-state index contributed by atoms with van der Waals surface area (Å²) in [6.45, 7) is 9.99. The van der Waals surface area contributed by atoms with Crippen LogP contribution in [0.1, 0.15) is 39.2 Å². The average molecular weight is 337 g/mol. The van der Waals surface area contributed by atoms with E-state index in [9.17, 15) is 0 Å². The molecule has 4 heteroatoms. The van der Waals surface area contributed by atoms with Crippen LogP contribution in [0.25, 0.3) is 0 Å². The molecular weight excluding hydrogens is 308 g/mol. The number of morpholine rings is 1. The van der Waals surface area contributed by atoms with Gasteiger partial charge in [0.25, 0.3) is 0 Å². The molecule has 1 N–H and O–H groups in total. The summed E-state index contributed by atoms with van der Waals surface area (Å²) in [6, 6.07) is 9.35. The minimum Gasteiger partial charge on any atom is -0.370 e. The standard InChI is InChI=1S/C19H29ClN2O/c1-14-13-22(17-8-10-21-11-9-17)18(19(2,3)23-14)12-15-4-6-16(20)7-5-15/h4-7,14,17-18,21H,8-13H2,1-3H3/t14-,18-/m0/s1. The Kier molecular flexibility index (Phi) is 5.32. The van der Waals surface area contributed by atoms with Crippen molar-refractivity contribution >= 4 is 11.6 Å². The first-order chi connectivity index (χ1) is 11.0. The Labute approximate surface area is 145 Å². The smallest absolute Gasteiger partial charge is 0.0788 e. The van der Waals surface area contributed by atoms with E-state index < -0.39 is 0 Å². The Morgan fingerprint density at radius 1 is 1.22 bits per heavy atom. The van der Waals surface area contributed by atoms with Crippen LogP contribution in [0, 0.1) is 0 Å². The van der Waals surface area contributed by atoms with Gasteiger partial charge in [0.15, 0.2) is 0 Å². The van der Waals surface area contributed by atoms with Crippen LogP contribution in [0.2, 0.25) is 5.02 Å². The van der Waals surface area contributed by atoms with Crippen molar-refractivity contribution in [3.8, 4) is 0 Å². The van der Waals surface area contributed by atoms with E-state index in [1.807, 2.05) is 12.1 Å². The molecule has 0 aliphatic carbocycles. The van der Waals surface area contributed by atoms with Crippen LogP contribution in [0.5, 0.6) is 0 Å². The highest BCUT2D eigenvalue weighted by Crippen LogP contribution is 2.33. The summed E-state index contributed by atoms with van der Waals surface area (Å²) < 4.78 is 6.32. The monoisotopic (exact) mass is 336 g/mol. The van der Waals surface area contributed by atoms with Gasteiger partial charge in [0.1, 0.15) is 0 Å². The molecule has 0 bridgehead atoms. The minimum absolute atomic E-state index is 0.137. The third kappa shape index (κ3) is 4.08. The molecule has 2 aliphatic rings. The molecule has 2 saturated heterocycles. The van der Waals surface area contributed by atoms with Gasteiger partial charge in [-0.2, -0.15) is 0 Å². The Morgan fingerprint density at radius 2 is 1.87 bits per heavy atom. The Hall–Kier alpha value is -0.610. The first kappa shape index (κ1) is 17.2. The molecule has 0 saturated carbocycles. The van der Waals surface area contributed by atoms with Crippen LogP contribution < -0.4 is 5.32 Å². The number of hydrogen-bond acceptors (Lipinski definition) is 3. The fraction of sp³-hybridized carbons (Fsp3) is 0.684. The highest BCUT2D eigenvalue weighted by Gasteiger charge is 2.43. The third-order valence-corrected chi connectivity index (χ3v) is 5.55. The number of ether oxygens (including phenoxy) is 1. The van der Waals surface area contributed by atoms with E-state index in [0.717, 1.165) is 31.1 Å². The molecule has 2 heterocycles. The van der Waals surface area contributed by atoms with E-state index in [1.54, 1.807) is 0 Å². The number of hydrogen-bond donors (Lipinski definition) is 1. The number of halogens is 1. The van der Waals surface area contributed by atoms with Gasteiger partial charge < -0.3 is 10.1 Å². The van der Waals surface area contributed by atoms with Crippen molar-refractivity contribution in [2.45, 2.75) is 63.8 Å². The zero-order chi connectivity index (χ0) is 16.4. The van der Waals surface area contributed by atoms with Crippen LogP contribution in [0.4, 0.5) is 0 Å². The maximum Gasteiger partial charge on any atom is 0.0788 e. The van der Waals surface area contributed by atoms with Crippen molar-refractivity contribution in [3.63, 3.8) is 0 Å². The maximum absolute atomic E-state index is 6.32. The Balaban J connectivity index is 1.82. The predicted molar refractivity (Wildman–Crippen MR) is 96.2 cm³/mol. The summed E-state index contributed by atoms with van der Waals surface area (Å²) in [5.74, 6) is 0. The third-order valence-electron chi connectivity index (χ3n) is 5.30. The lowest BCUT2D eigenvalue weighted by molar-refractivity contribution is -0.175. The molecule has 23 heavy (non-hydrogen) atoms. The van der Waals surface area contributed by atoms with Gasteiger partial charge >= 0.3 is 0 Å². The highest BCUT2D eigenvalue weighted by atomic mass is 35.5. The molecular formula is C19H29ClN2O. The normalized spacial score (nSPS) is 29.6. The first-order valence-corrected chi connectivity index (χ1v) is 9.22. The predicted octanol–water partition coefficient (Wildman–Crippen LogP) is 3.50. The van der Waals surface area contributed by atoms with Crippen LogP contribution >= 0.6 is 11.6 Å². The fourth-order valence-electron chi connectivity index (χ4n) is 4.21. The van der Waals surface area contributed by atoms with Crippen molar-refractivity contribution in [1.29, 1.82) is 0 Å². The van der Waals surface area contributed by atoms with E-state index in [-0.39, 0.29) is 5.60 Å². The molecule has 2 atom stereocenters. The van der Waals surface area contributed by atoms with Crippen LogP contribution in [0.3, 0.4) is 0 Å². The number of piperidine rings is 1. The summed E-state index contributed by atoms with van der Waals surface area (Å²) in [4.78, 5) is 2.73. The van der Waals surface area contributed by atoms with Gasteiger partial charge in [0, 0.05) is 23.7 Å². The van der Waals surface area contributed by atoms with E-state index in [2.05, 4.69) is 43.1 Å². The second-order valence-corrected chi connectivity index (χ2v) is 7.99. The van der Waals surface area contributed by atoms with Gasteiger partial charge in [0.2, 0.25) is 0 Å². The van der Waals surface area contributed by atoms with Crippen molar-refractivity contribution < 1.29 is 4.74 Å². The molecule has 3 nitrogen and oxygen atoms in total. The fourth-order valence-corrected chi connectivity index (χ4v) is 4.33. The van der Waals surface area contributed by atoms with Crippen molar-refractivity contribution in [3.05, 3.63) is 34.9 Å². The lowest BCUT2D eigenvalue weighted by Gasteiger charge is -2.52. The molecule has 128 valence electrons. The van der Waals surface area contributed by atoms with Gasteiger partial charge in [-0.25, -0.2) is 0 Å². The summed E-state index contributed by atoms with van der Waals surface area (Å²) in [5.41, 5.74) is 1.20. The van der Waals surface area contributed by atoms with Crippen LogP contribution in [-0.2, 0) is 11.2 Å². The Morgan fingerprint density at radius 3 is 2.52 bits per heavy atom. The molecule has 2 fully saturated rings. The number of rotatable bonds is 3. The topological polar surface area (TPSA) is 24.5 Å². The number of nitrogens with zero attached hydrogens (tertiary/aromatic N) is 1. The van der Waals surface area contributed by atoms with Crippen molar-refractivity contribution in [2.24, 2.45) is 0 Å². The van der Waals surface area contributed by atoms with E-state index >= 15 is 0 Å². The lowest BCUT2D eigenvalue weighted by Crippen LogP contribution is -2.64. The van der Waals surface area contributed by atoms with E-state index in [0.29, 0.717) is 18.2 Å². The zero-order valence-corrected chi connectivity index (χ0v) is 15.3. The van der Waals surface area contributed by atoms with Gasteiger partial charge in [0.05, 0.1) is 11.7 Å². The van der Waals surface area contributed by atoms with Crippen LogP contribution in [-0.4, -0.2) is 48.3 Å². The molecule has 0 radical (unpaired) electrons. The Bertz CT molecular complexity index is 511. The molecule has 1 aromatic rings. The average Bonchev–Trinajstić information content (AvgIpc) is 2.52. The molecule has 0 aromatic heterocycles.